The molecular weight excluding hydrogens is 470 g/mol. The molecule has 192 valence electrons. The number of likely N-dealkylation sites (tertiary alicyclic amines) is 1. The SMILES string of the molecule is COc1ccc(OC)c(S(=O)(=O)N(Cc2ccccc2)[C@@H]2C[C@H](CN)[N+](C(=O)O)(C(C)(C)C)C2)c1. The van der Waals surface area contributed by atoms with Gasteiger partial charge in [-0.1, -0.05) is 30.3 Å². The molecule has 3 N–H and O–H groups in total. The summed E-state index contributed by atoms with van der Waals surface area (Å²) in [5.41, 5.74) is 6.18. The largest absolute Gasteiger partial charge is 0.514 e. The molecule has 1 unspecified atom stereocenters. The van der Waals surface area contributed by atoms with Gasteiger partial charge < -0.3 is 20.3 Å². The minimum atomic E-state index is -4.13. The predicted molar refractivity (Wildman–Crippen MR) is 133 cm³/mol. The van der Waals surface area contributed by atoms with Gasteiger partial charge in [-0.2, -0.15) is 9.10 Å². The summed E-state index contributed by atoms with van der Waals surface area (Å²) in [5, 5.41) is 10.4. The van der Waals surface area contributed by atoms with Gasteiger partial charge in [0.2, 0.25) is 10.0 Å². The Morgan fingerprint density at radius 1 is 1.14 bits per heavy atom. The van der Waals surface area contributed by atoms with Crippen molar-refractivity contribution in [2.24, 2.45) is 5.73 Å². The van der Waals surface area contributed by atoms with Crippen molar-refractivity contribution in [2.75, 3.05) is 27.3 Å². The van der Waals surface area contributed by atoms with Crippen LogP contribution < -0.4 is 15.2 Å². The molecule has 1 aliphatic heterocycles. The molecule has 0 aliphatic carbocycles. The van der Waals surface area contributed by atoms with Gasteiger partial charge in [-0.05, 0) is 38.5 Å². The standard InChI is InChI=1S/C25H35N3O6S/c1-25(2,3)28(24(29)30)17-19(13-20(28)15-26)27(16-18-9-7-6-8-10-18)35(31,32)23-14-21(33-4)11-12-22(23)34-5/h6-12,14,19-20H,13,15-17,26H2,1-5H3/p+1/t19-,20-,28?/m1/s1. The molecule has 0 saturated carbocycles. The van der Waals surface area contributed by atoms with E-state index < -0.39 is 33.7 Å². The summed E-state index contributed by atoms with van der Waals surface area (Å²) >= 11 is 0. The molecule has 2 aromatic carbocycles. The summed E-state index contributed by atoms with van der Waals surface area (Å²) in [6.07, 6.45) is -0.690. The van der Waals surface area contributed by atoms with E-state index in [1.54, 1.807) is 12.1 Å². The maximum Gasteiger partial charge on any atom is 0.514 e. The van der Waals surface area contributed by atoms with E-state index in [1.165, 1.54) is 24.6 Å². The van der Waals surface area contributed by atoms with E-state index in [9.17, 15) is 18.3 Å². The number of carboxylic acid groups (broad SMARTS) is 1. The number of amides is 1. The zero-order chi connectivity index (χ0) is 26.0. The molecule has 2 aromatic rings. The molecule has 1 saturated heterocycles. The lowest BCUT2D eigenvalue weighted by molar-refractivity contribution is -0.913. The fraction of sp³-hybridized carbons (Fsp3) is 0.480. The number of quaternary nitrogens is 1. The lowest BCUT2D eigenvalue weighted by Crippen LogP contribution is -2.67. The van der Waals surface area contributed by atoms with Crippen LogP contribution in [0.5, 0.6) is 11.5 Å². The van der Waals surface area contributed by atoms with Gasteiger partial charge >= 0.3 is 6.09 Å². The van der Waals surface area contributed by atoms with Crippen LogP contribution in [0, 0.1) is 0 Å². The maximum absolute atomic E-state index is 14.2. The zero-order valence-electron chi connectivity index (χ0n) is 21.0. The summed E-state index contributed by atoms with van der Waals surface area (Å²) < 4.78 is 40.2. The van der Waals surface area contributed by atoms with Crippen molar-refractivity contribution in [3.63, 3.8) is 0 Å². The zero-order valence-corrected chi connectivity index (χ0v) is 21.8. The summed E-state index contributed by atoms with van der Waals surface area (Å²) in [5.74, 6) is 0.563. The first-order chi connectivity index (χ1) is 16.4. The highest BCUT2D eigenvalue weighted by Gasteiger charge is 2.61. The fourth-order valence-electron chi connectivity index (χ4n) is 5.16. The molecule has 1 aliphatic rings. The highest BCUT2D eigenvalue weighted by Crippen LogP contribution is 2.41. The molecule has 1 fully saturated rings. The van der Waals surface area contributed by atoms with Crippen LogP contribution in [0.15, 0.2) is 53.4 Å². The van der Waals surface area contributed by atoms with Gasteiger partial charge in [-0.3, -0.25) is 0 Å². The summed E-state index contributed by atoms with van der Waals surface area (Å²) in [7, 11) is -1.25. The molecule has 10 heteroatoms. The Kier molecular flexibility index (Phi) is 7.80. The minimum Gasteiger partial charge on any atom is -0.497 e. The molecule has 0 spiro atoms. The monoisotopic (exact) mass is 506 g/mol. The second-order valence-electron chi connectivity index (χ2n) is 9.84. The van der Waals surface area contributed by atoms with Crippen LogP contribution in [0.25, 0.3) is 0 Å². The molecule has 35 heavy (non-hydrogen) atoms. The molecule has 1 amide bonds. The van der Waals surface area contributed by atoms with Crippen molar-refractivity contribution in [2.45, 2.75) is 56.3 Å². The second-order valence-corrected chi connectivity index (χ2v) is 11.7. The third kappa shape index (κ3) is 4.88. The smallest absolute Gasteiger partial charge is 0.497 e. The molecule has 3 atom stereocenters. The Hall–Kier alpha value is -2.66. The number of carbonyl (C=O) groups is 1. The fourth-order valence-corrected chi connectivity index (χ4v) is 6.95. The van der Waals surface area contributed by atoms with Crippen LogP contribution in [-0.2, 0) is 16.6 Å². The molecular formula is C25H36N3O6S+. The van der Waals surface area contributed by atoms with E-state index in [2.05, 4.69) is 0 Å². The Morgan fingerprint density at radius 3 is 2.29 bits per heavy atom. The molecule has 1 heterocycles. The highest BCUT2D eigenvalue weighted by molar-refractivity contribution is 7.89. The Balaban J connectivity index is 2.17. The number of hydrogen-bond acceptors (Lipinski definition) is 6. The van der Waals surface area contributed by atoms with Crippen molar-refractivity contribution in [3.8, 4) is 11.5 Å². The third-order valence-electron chi connectivity index (χ3n) is 7.02. The number of ether oxygens (including phenoxy) is 2. The molecule has 0 bridgehead atoms. The molecule has 0 aromatic heterocycles. The van der Waals surface area contributed by atoms with Gasteiger partial charge in [0.1, 0.15) is 34.5 Å². The van der Waals surface area contributed by atoms with Gasteiger partial charge in [-0.15, -0.1) is 0 Å². The molecule has 3 rings (SSSR count). The van der Waals surface area contributed by atoms with Crippen molar-refractivity contribution in [1.82, 2.24) is 4.31 Å². The second kappa shape index (κ2) is 10.1. The van der Waals surface area contributed by atoms with E-state index >= 15 is 0 Å². The number of nitrogens with zero attached hydrogens (tertiary/aromatic N) is 2. The summed E-state index contributed by atoms with van der Waals surface area (Å²) in [6.45, 7) is 5.87. The van der Waals surface area contributed by atoms with Crippen molar-refractivity contribution < 1.29 is 32.3 Å². The van der Waals surface area contributed by atoms with Crippen molar-refractivity contribution in [1.29, 1.82) is 0 Å². The third-order valence-corrected chi connectivity index (χ3v) is 8.94. The van der Waals surface area contributed by atoms with Crippen molar-refractivity contribution >= 4 is 16.1 Å². The Morgan fingerprint density at radius 2 is 1.80 bits per heavy atom. The number of benzene rings is 2. The van der Waals surface area contributed by atoms with E-state index in [4.69, 9.17) is 15.2 Å². The summed E-state index contributed by atoms with van der Waals surface area (Å²) in [6, 6.07) is 12.8. The Bertz CT molecular complexity index is 1150. The first-order valence-corrected chi connectivity index (χ1v) is 13.0. The number of hydrogen-bond donors (Lipinski definition) is 2. The Labute approximate surface area is 207 Å². The quantitative estimate of drug-likeness (QED) is 0.527. The maximum atomic E-state index is 14.2. The van der Waals surface area contributed by atoms with Gasteiger partial charge in [0.15, 0.2) is 0 Å². The van der Waals surface area contributed by atoms with E-state index in [0.717, 1.165) is 5.56 Å². The number of methoxy groups -OCH3 is 2. The first-order valence-electron chi connectivity index (χ1n) is 11.5. The summed E-state index contributed by atoms with van der Waals surface area (Å²) in [4.78, 5) is 12.6. The average Bonchev–Trinajstić information content (AvgIpc) is 3.23. The lowest BCUT2D eigenvalue weighted by atomic mass is 10.00. The van der Waals surface area contributed by atoms with Crippen LogP contribution in [0.2, 0.25) is 0 Å². The number of nitrogens with two attached hydrogens (primary N) is 1. The normalized spacial score (nSPS) is 22.8. The van der Waals surface area contributed by atoms with Gasteiger partial charge in [0.05, 0.1) is 20.3 Å². The van der Waals surface area contributed by atoms with Gasteiger partial charge in [-0.25, -0.2) is 12.9 Å². The van der Waals surface area contributed by atoms with Crippen LogP contribution in [0.1, 0.15) is 32.8 Å². The van der Waals surface area contributed by atoms with Crippen LogP contribution in [0.3, 0.4) is 0 Å². The lowest BCUT2D eigenvalue weighted by Gasteiger charge is -2.44. The number of sulfonamides is 1. The first kappa shape index (κ1) is 26.9. The predicted octanol–water partition coefficient (Wildman–Crippen LogP) is 3.29. The topological polar surface area (TPSA) is 119 Å². The van der Waals surface area contributed by atoms with Crippen LogP contribution in [0.4, 0.5) is 4.79 Å². The van der Waals surface area contributed by atoms with Gasteiger partial charge in [0, 0.05) is 25.6 Å². The van der Waals surface area contributed by atoms with E-state index in [1.807, 2.05) is 51.1 Å². The van der Waals surface area contributed by atoms with Gasteiger partial charge in [0.25, 0.3) is 0 Å². The number of rotatable bonds is 8. The van der Waals surface area contributed by atoms with Crippen LogP contribution in [-0.4, -0.2) is 73.3 Å². The minimum absolute atomic E-state index is 0.0318. The average molecular weight is 507 g/mol. The van der Waals surface area contributed by atoms with Crippen molar-refractivity contribution in [3.05, 3.63) is 54.1 Å². The van der Waals surface area contributed by atoms with E-state index in [0.29, 0.717) is 12.2 Å². The van der Waals surface area contributed by atoms with Crippen LogP contribution >= 0.6 is 0 Å². The van der Waals surface area contributed by atoms with E-state index in [-0.39, 0.29) is 34.8 Å². The highest BCUT2D eigenvalue weighted by atomic mass is 32.2. The molecule has 9 nitrogen and oxygen atoms in total. The molecule has 0 radical (unpaired) electrons.